The molecule has 0 heterocycles. The van der Waals surface area contributed by atoms with Crippen LogP contribution in [-0.2, 0) is 4.74 Å². The molecule has 6 nitrogen and oxygen atoms in total. The fourth-order valence-corrected chi connectivity index (χ4v) is 1.52. The summed E-state index contributed by atoms with van der Waals surface area (Å²) in [7, 11) is 0. The molecule has 0 unspecified atom stereocenters. The monoisotopic (exact) mass is 300 g/mol. The van der Waals surface area contributed by atoms with Crippen LogP contribution in [0.4, 0.5) is 4.79 Å². The maximum Gasteiger partial charge on any atom is 0.410 e. The number of nitrogens with one attached hydrogen (secondary N) is 1. The van der Waals surface area contributed by atoms with Gasteiger partial charge in [0.05, 0.1) is 0 Å². The summed E-state index contributed by atoms with van der Waals surface area (Å²) in [6.07, 6.45) is 0.712. The summed E-state index contributed by atoms with van der Waals surface area (Å²) in [5.74, 6) is 1.04. The van der Waals surface area contributed by atoms with E-state index in [1.165, 1.54) is 0 Å². The molecule has 0 aromatic rings. The Bertz CT molecular complexity index is 335. The highest BCUT2D eigenvalue weighted by Crippen LogP contribution is 2.09. The molecule has 3 N–H and O–H groups in total. The zero-order valence-corrected chi connectivity index (χ0v) is 14.4. The highest BCUT2D eigenvalue weighted by molar-refractivity contribution is 5.77. The van der Waals surface area contributed by atoms with Crippen molar-refractivity contribution in [1.29, 1.82) is 0 Å². The van der Waals surface area contributed by atoms with E-state index >= 15 is 0 Å². The van der Waals surface area contributed by atoms with Crippen molar-refractivity contribution in [2.24, 2.45) is 16.6 Å². The van der Waals surface area contributed by atoms with Crippen molar-refractivity contribution in [1.82, 2.24) is 10.2 Å². The van der Waals surface area contributed by atoms with E-state index in [4.69, 9.17) is 10.5 Å². The molecule has 0 rings (SSSR count). The molecule has 0 radical (unpaired) electrons. The first-order chi connectivity index (χ1) is 9.65. The number of rotatable bonds is 7. The average Bonchev–Trinajstić information content (AvgIpc) is 2.31. The number of carbonyl (C=O) groups is 1. The lowest BCUT2D eigenvalue weighted by molar-refractivity contribution is 0.0264. The fraction of sp³-hybridized carbons (Fsp3) is 0.867. The van der Waals surface area contributed by atoms with Crippen LogP contribution in [0.5, 0.6) is 0 Å². The number of hydrogen-bond donors (Lipinski definition) is 2. The molecule has 21 heavy (non-hydrogen) atoms. The molecule has 0 fully saturated rings. The highest BCUT2D eigenvalue weighted by Gasteiger charge is 2.20. The first kappa shape index (κ1) is 19.5. The Kier molecular flexibility index (Phi) is 8.81. The quantitative estimate of drug-likeness (QED) is 0.558. The Morgan fingerprint density at radius 1 is 1.38 bits per heavy atom. The van der Waals surface area contributed by atoms with Crippen molar-refractivity contribution in [3.63, 3.8) is 0 Å². The molecule has 0 aliphatic rings. The third-order valence-corrected chi connectivity index (χ3v) is 2.71. The van der Waals surface area contributed by atoms with Gasteiger partial charge in [-0.25, -0.2) is 4.79 Å². The number of carbonyl (C=O) groups excluding carboxylic acids is 1. The number of nitrogens with zero attached hydrogens (tertiary/aromatic N) is 2. The Hall–Kier alpha value is -1.46. The average molecular weight is 300 g/mol. The van der Waals surface area contributed by atoms with E-state index in [1.807, 2.05) is 27.7 Å². The Balaban J connectivity index is 4.09. The summed E-state index contributed by atoms with van der Waals surface area (Å²) in [5.41, 5.74) is 5.29. The molecular weight excluding hydrogens is 268 g/mol. The van der Waals surface area contributed by atoms with Gasteiger partial charge in [0.2, 0.25) is 0 Å². The van der Waals surface area contributed by atoms with E-state index in [0.717, 1.165) is 13.0 Å². The van der Waals surface area contributed by atoms with Crippen LogP contribution in [0.15, 0.2) is 4.99 Å². The second kappa shape index (κ2) is 9.47. The van der Waals surface area contributed by atoms with E-state index < -0.39 is 5.60 Å². The highest BCUT2D eigenvalue weighted by atomic mass is 16.6. The van der Waals surface area contributed by atoms with Crippen molar-refractivity contribution >= 4 is 12.1 Å². The van der Waals surface area contributed by atoms with E-state index in [-0.39, 0.29) is 6.09 Å². The zero-order chi connectivity index (χ0) is 16.5. The molecule has 0 aromatic carbocycles. The largest absolute Gasteiger partial charge is 0.444 e. The van der Waals surface area contributed by atoms with Gasteiger partial charge in [-0.2, -0.15) is 0 Å². The van der Waals surface area contributed by atoms with Gasteiger partial charge in [-0.05, 0) is 40.0 Å². The van der Waals surface area contributed by atoms with Gasteiger partial charge >= 0.3 is 6.09 Å². The summed E-state index contributed by atoms with van der Waals surface area (Å²) < 4.78 is 5.34. The smallest absolute Gasteiger partial charge is 0.410 e. The van der Waals surface area contributed by atoms with Gasteiger partial charge in [-0.15, -0.1) is 0 Å². The molecule has 0 aliphatic carbocycles. The lowest BCUT2D eigenvalue weighted by Crippen LogP contribution is -2.42. The lowest BCUT2D eigenvalue weighted by atomic mass is 10.1. The molecule has 0 saturated carbocycles. The first-order valence-corrected chi connectivity index (χ1v) is 7.67. The third-order valence-electron chi connectivity index (χ3n) is 2.71. The summed E-state index contributed by atoms with van der Waals surface area (Å²) in [6.45, 7) is 14.2. The van der Waals surface area contributed by atoms with Crippen LogP contribution in [0.2, 0.25) is 0 Å². The Labute approximate surface area is 129 Å². The summed E-state index contributed by atoms with van der Waals surface area (Å²) in [6, 6.07) is 0. The number of ether oxygens (including phenoxy) is 1. The molecule has 1 amide bonds. The van der Waals surface area contributed by atoms with Gasteiger partial charge in [-0.3, -0.25) is 4.99 Å². The van der Waals surface area contributed by atoms with Crippen LogP contribution in [0.1, 0.15) is 48.0 Å². The number of aliphatic imine (C=N–C) groups is 1. The van der Waals surface area contributed by atoms with Gasteiger partial charge in [0.15, 0.2) is 5.96 Å². The summed E-state index contributed by atoms with van der Waals surface area (Å²) in [5, 5.41) is 3.02. The normalized spacial score (nSPS) is 12.4. The minimum absolute atomic E-state index is 0.304. The van der Waals surface area contributed by atoms with Gasteiger partial charge in [0.25, 0.3) is 0 Å². The van der Waals surface area contributed by atoms with Crippen LogP contribution in [0.25, 0.3) is 0 Å². The van der Waals surface area contributed by atoms with Crippen LogP contribution >= 0.6 is 0 Å². The fourth-order valence-electron chi connectivity index (χ4n) is 1.52. The Morgan fingerprint density at radius 2 is 2.00 bits per heavy atom. The number of likely N-dealkylation sites (N-methyl/N-ethyl adjacent to an activating group) is 1. The minimum atomic E-state index is -0.477. The van der Waals surface area contributed by atoms with Crippen LogP contribution in [0, 0.1) is 5.92 Å². The molecular formula is C15H32N4O2. The lowest BCUT2D eigenvalue weighted by Gasteiger charge is -2.26. The molecule has 124 valence electrons. The van der Waals surface area contributed by atoms with Crippen molar-refractivity contribution in [3.8, 4) is 0 Å². The van der Waals surface area contributed by atoms with Crippen molar-refractivity contribution in [3.05, 3.63) is 0 Å². The summed E-state index contributed by atoms with van der Waals surface area (Å²) >= 11 is 0. The van der Waals surface area contributed by atoms with Crippen LogP contribution in [0.3, 0.4) is 0 Å². The zero-order valence-electron chi connectivity index (χ0n) is 14.4. The first-order valence-electron chi connectivity index (χ1n) is 7.67. The number of nitrogens with two attached hydrogens (primary N) is 1. The van der Waals surface area contributed by atoms with Crippen molar-refractivity contribution < 1.29 is 9.53 Å². The minimum Gasteiger partial charge on any atom is -0.444 e. The maximum atomic E-state index is 11.9. The van der Waals surface area contributed by atoms with E-state index in [2.05, 4.69) is 24.2 Å². The molecule has 6 heteroatoms. The van der Waals surface area contributed by atoms with Gasteiger partial charge < -0.3 is 20.7 Å². The predicted molar refractivity (Wildman–Crippen MR) is 87.4 cm³/mol. The number of guanidine groups is 1. The third kappa shape index (κ3) is 10.9. The number of amides is 1. The van der Waals surface area contributed by atoms with Gasteiger partial charge in [0.1, 0.15) is 5.60 Å². The van der Waals surface area contributed by atoms with Gasteiger partial charge in [-0.1, -0.05) is 13.8 Å². The molecule has 0 bridgehead atoms. The van der Waals surface area contributed by atoms with E-state index in [9.17, 15) is 4.79 Å². The maximum absolute atomic E-state index is 11.9. The van der Waals surface area contributed by atoms with Gasteiger partial charge in [0, 0.05) is 26.2 Å². The molecule has 0 atom stereocenters. The van der Waals surface area contributed by atoms with Crippen molar-refractivity contribution in [2.75, 3.05) is 26.2 Å². The molecule has 0 spiro atoms. The molecule has 0 aromatic heterocycles. The van der Waals surface area contributed by atoms with E-state index in [0.29, 0.717) is 31.5 Å². The second-order valence-electron chi connectivity index (χ2n) is 6.44. The topological polar surface area (TPSA) is 80.0 Å². The van der Waals surface area contributed by atoms with Crippen LogP contribution in [-0.4, -0.2) is 48.7 Å². The summed E-state index contributed by atoms with van der Waals surface area (Å²) in [4.78, 5) is 17.8. The van der Waals surface area contributed by atoms with E-state index in [1.54, 1.807) is 4.90 Å². The SMILES string of the molecule is CCN(CCNC(N)=NCCC(C)C)C(=O)OC(C)(C)C. The standard InChI is InChI=1S/C15H32N4O2/c1-7-19(14(20)21-15(4,5)6)11-10-18-13(16)17-9-8-12(2)3/h12H,7-11H2,1-6H3,(H3,16,17,18). The number of hydrogen-bond acceptors (Lipinski definition) is 3. The predicted octanol–water partition coefficient (Wildman–Crippen LogP) is 2.19. The molecule has 0 aliphatic heterocycles. The molecule has 0 saturated heterocycles. The van der Waals surface area contributed by atoms with Crippen molar-refractivity contribution in [2.45, 2.75) is 53.6 Å². The second-order valence-corrected chi connectivity index (χ2v) is 6.44. The Morgan fingerprint density at radius 3 is 2.48 bits per heavy atom. The van der Waals surface area contributed by atoms with Crippen LogP contribution < -0.4 is 11.1 Å².